The van der Waals surface area contributed by atoms with E-state index in [1.165, 1.54) is 5.69 Å². The first-order valence-corrected chi connectivity index (χ1v) is 5.81. The number of aryl methyl sites for hydroxylation is 1. The van der Waals surface area contributed by atoms with E-state index < -0.39 is 0 Å². The Bertz CT molecular complexity index is 326. The highest BCUT2D eigenvalue weighted by molar-refractivity contribution is 5.10. The molecule has 1 aliphatic heterocycles. The van der Waals surface area contributed by atoms with Crippen molar-refractivity contribution in [3.05, 3.63) is 18.0 Å². The number of nitrogens with zero attached hydrogens (tertiary/aromatic N) is 3. The Kier molecular flexibility index (Phi) is 3.58. The average Bonchev–Trinajstić information content (AvgIpc) is 2.74. The zero-order valence-electron chi connectivity index (χ0n) is 9.97. The molecule has 0 spiro atoms. The van der Waals surface area contributed by atoms with Gasteiger partial charge in [0.1, 0.15) is 0 Å². The molecular formula is C11H20N4O. The van der Waals surface area contributed by atoms with Crippen LogP contribution in [0.25, 0.3) is 0 Å². The number of morpholine rings is 1. The Morgan fingerprint density at radius 3 is 3.00 bits per heavy atom. The van der Waals surface area contributed by atoms with Crippen LogP contribution in [-0.2, 0) is 11.8 Å². The molecule has 2 unspecified atom stereocenters. The van der Waals surface area contributed by atoms with Crippen LogP contribution in [0.5, 0.6) is 0 Å². The zero-order valence-corrected chi connectivity index (χ0v) is 9.97. The number of ether oxygens (including phenoxy) is 1. The molecular weight excluding hydrogens is 204 g/mol. The largest absolute Gasteiger partial charge is 0.374 e. The molecule has 2 heterocycles. The normalized spacial score (nSPS) is 27.2. The van der Waals surface area contributed by atoms with Gasteiger partial charge in [-0.1, -0.05) is 6.92 Å². The second-order valence-electron chi connectivity index (χ2n) is 4.10. The summed E-state index contributed by atoms with van der Waals surface area (Å²) in [6.07, 6.45) is 1.90. The molecule has 2 rings (SSSR count). The van der Waals surface area contributed by atoms with Gasteiger partial charge in [0.15, 0.2) is 0 Å². The van der Waals surface area contributed by atoms with Gasteiger partial charge in [0.05, 0.1) is 24.4 Å². The molecule has 5 heteroatoms. The lowest BCUT2D eigenvalue weighted by Crippen LogP contribution is -2.48. The molecule has 0 radical (unpaired) electrons. The van der Waals surface area contributed by atoms with E-state index in [0.29, 0.717) is 6.54 Å². The van der Waals surface area contributed by atoms with E-state index in [1.807, 2.05) is 24.0 Å². The summed E-state index contributed by atoms with van der Waals surface area (Å²) in [6, 6.07) is 2.28. The van der Waals surface area contributed by atoms with Crippen LogP contribution in [0.15, 0.2) is 12.3 Å². The molecule has 90 valence electrons. The molecule has 2 atom stereocenters. The second kappa shape index (κ2) is 4.95. The minimum atomic E-state index is 0.0732. The molecule has 1 aromatic heterocycles. The van der Waals surface area contributed by atoms with Crippen molar-refractivity contribution in [2.75, 3.05) is 26.2 Å². The molecule has 0 saturated carbocycles. The monoisotopic (exact) mass is 224 g/mol. The van der Waals surface area contributed by atoms with Crippen LogP contribution in [0.4, 0.5) is 0 Å². The fourth-order valence-corrected chi connectivity index (χ4v) is 2.39. The third kappa shape index (κ3) is 1.98. The van der Waals surface area contributed by atoms with Crippen molar-refractivity contribution in [2.24, 2.45) is 12.8 Å². The minimum absolute atomic E-state index is 0.0732. The van der Waals surface area contributed by atoms with Gasteiger partial charge in [0.25, 0.3) is 0 Å². The van der Waals surface area contributed by atoms with Crippen LogP contribution >= 0.6 is 0 Å². The summed E-state index contributed by atoms with van der Waals surface area (Å²) in [7, 11) is 1.96. The maximum Gasteiger partial charge on any atom is 0.0909 e. The van der Waals surface area contributed by atoms with Crippen molar-refractivity contribution in [3.8, 4) is 0 Å². The minimum Gasteiger partial charge on any atom is -0.374 e. The molecule has 5 nitrogen and oxygen atoms in total. The quantitative estimate of drug-likeness (QED) is 0.793. The van der Waals surface area contributed by atoms with Crippen LogP contribution in [0.1, 0.15) is 18.7 Å². The van der Waals surface area contributed by atoms with Gasteiger partial charge in [0.2, 0.25) is 0 Å². The van der Waals surface area contributed by atoms with E-state index in [-0.39, 0.29) is 12.1 Å². The Morgan fingerprint density at radius 1 is 1.62 bits per heavy atom. The molecule has 0 aliphatic carbocycles. The molecule has 1 aliphatic rings. The summed E-state index contributed by atoms with van der Waals surface area (Å²) in [5.74, 6) is 0. The highest BCUT2D eigenvalue weighted by Crippen LogP contribution is 2.28. The van der Waals surface area contributed by atoms with Crippen molar-refractivity contribution < 1.29 is 4.74 Å². The summed E-state index contributed by atoms with van der Waals surface area (Å²) < 4.78 is 7.65. The van der Waals surface area contributed by atoms with Gasteiger partial charge >= 0.3 is 0 Å². The smallest absolute Gasteiger partial charge is 0.0909 e. The van der Waals surface area contributed by atoms with E-state index in [1.54, 1.807) is 0 Å². The van der Waals surface area contributed by atoms with Gasteiger partial charge in [-0.2, -0.15) is 5.10 Å². The number of hydrogen-bond donors (Lipinski definition) is 1. The number of likely N-dealkylation sites (N-methyl/N-ethyl adjacent to an activating group) is 1. The van der Waals surface area contributed by atoms with E-state index >= 15 is 0 Å². The van der Waals surface area contributed by atoms with Gasteiger partial charge in [-0.3, -0.25) is 9.58 Å². The van der Waals surface area contributed by atoms with Crippen LogP contribution in [0.2, 0.25) is 0 Å². The van der Waals surface area contributed by atoms with Crippen LogP contribution in [-0.4, -0.2) is 47.0 Å². The van der Waals surface area contributed by atoms with Crippen molar-refractivity contribution >= 4 is 0 Å². The number of nitrogens with two attached hydrogens (primary N) is 1. The Labute approximate surface area is 96.2 Å². The van der Waals surface area contributed by atoms with Crippen molar-refractivity contribution in [3.63, 3.8) is 0 Å². The van der Waals surface area contributed by atoms with Gasteiger partial charge in [0, 0.05) is 26.3 Å². The molecule has 1 fully saturated rings. The fraction of sp³-hybridized carbons (Fsp3) is 0.727. The Morgan fingerprint density at radius 2 is 2.44 bits per heavy atom. The highest BCUT2D eigenvalue weighted by Gasteiger charge is 2.33. The Hall–Kier alpha value is -0.910. The molecule has 1 aromatic rings. The van der Waals surface area contributed by atoms with Gasteiger partial charge in [-0.25, -0.2) is 0 Å². The van der Waals surface area contributed by atoms with Crippen molar-refractivity contribution in [1.82, 2.24) is 14.7 Å². The summed E-state index contributed by atoms with van der Waals surface area (Å²) in [6.45, 7) is 5.46. The molecule has 0 aromatic carbocycles. The highest BCUT2D eigenvalue weighted by atomic mass is 16.5. The van der Waals surface area contributed by atoms with Crippen LogP contribution in [0.3, 0.4) is 0 Å². The molecule has 16 heavy (non-hydrogen) atoms. The van der Waals surface area contributed by atoms with Gasteiger partial charge in [-0.05, 0) is 12.6 Å². The molecule has 1 saturated heterocycles. The van der Waals surface area contributed by atoms with E-state index in [0.717, 1.165) is 19.7 Å². The van der Waals surface area contributed by atoms with Crippen molar-refractivity contribution in [2.45, 2.75) is 19.1 Å². The topological polar surface area (TPSA) is 56.3 Å². The van der Waals surface area contributed by atoms with Crippen LogP contribution < -0.4 is 5.73 Å². The number of hydrogen-bond acceptors (Lipinski definition) is 4. The summed E-state index contributed by atoms with van der Waals surface area (Å²) in [5.41, 5.74) is 6.96. The lowest BCUT2D eigenvalue weighted by molar-refractivity contribution is -0.0682. The van der Waals surface area contributed by atoms with Gasteiger partial charge < -0.3 is 10.5 Å². The lowest BCUT2D eigenvalue weighted by atomic mass is 10.0. The maximum absolute atomic E-state index is 5.79. The third-order valence-corrected chi connectivity index (χ3v) is 3.26. The molecule has 0 bridgehead atoms. The standard InChI is InChI=1S/C11H20N4O/c1-3-15-6-7-16-10(8-12)11(15)9-4-5-13-14(9)2/h4-5,10-11H,3,6-8,12H2,1-2H3. The molecule has 0 amide bonds. The Balaban J connectivity index is 2.28. The first kappa shape index (κ1) is 11.6. The second-order valence-corrected chi connectivity index (χ2v) is 4.10. The van der Waals surface area contributed by atoms with E-state index in [4.69, 9.17) is 10.5 Å². The lowest BCUT2D eigenvalue weighted by Gasteiger charge is -2.40. The summed E-state index contributed by atoms with van der Waals surface area (Å²) in [5, 5.41) is 4.22. The van der Waals surface area contributed by atoms with E-state index in [2.05, 4.69) is 16.9 Å². The maximum atomic E-state index is 5.79. The fourth-order valence-electron chi connectivity index (χ4n) is 2.39. The SMILES string of the molecule is CCN1CCOC(CN)C1c1ccnn1C. The predicted octanol–water partition coefficient (Wildman–Crippen LogP) is 0.141. The summed E-state index contributed by atoms with van der Waals surface area (Å²) >= 11 is 0. The first-order valence-electron chi connectivity index (χ1n) is 5.81. The third-order valence-electron chi connectivity index (χ3n) is 3.26. The molecule has 2 N–H and O–H groups in total. The first-order chi connectivity index (χ1) is 7.77. The predicted molar refractivity (Wildman–Crippen MR) is 62.0 cm³/mol. The van der Waals surface area contributed by atoms with E-state index in [9.17, 15) is 0 Å². The van der Waals surface area contributed by atoms with Crippen LogP contribution in [0, 0.1) is 0 Å². The summed E-state index contributed by atoms with van der Waals surface area (Å²) in [4.78, 5) is 2.40. The van der Waals surface area contributed by atoms with Gasteiger partial charge in [-0.15, -0.1) is 0 Å². The average molecular weight is 224 g/mol. The number of aromatic nitrogens is 2. The number of rotatable bonds is 3. The zero-order chi connectivity index (χ0) is 11.5. The van der Waals surface area contributed by atoms with Crippen molar-refractivity contribution in [1.29, 1.82) is 0 Å².